The van der Waals surface area contributed by atoms with Crippen LogP contribution < -0.4 is 10.1 Å². The molecule has 3 aromatic rings. The molecule has 0 radical (unpaired) electrons. The molecule has 0 aliphatic carbocycles. The second-order valence-corrected chi connectivity index (χ2v) is 9.05. The second-order valence-electron chi connectivity index (χ2n) is 9.05. The molecule has 1 fully saturated rings. The van der Waals surface area contributed by atoms with Gasteiger partial charge in [0.15, 0.2) is 0 Å². The van der Waals surface area contributed by atoms with E-state index in [-0.39, 0.29) is 18.0 Å². The van der Waals surface area contributed by atoms with E-state index in [2.05, 4.69) is 29.0 Å². The molecule has 0 bridgehead atoms. The zero-order valence-corrected chi connectivity index (χ0v) is 20.1. The number of piperazine rings is 1. The van der Waals surface area contributed by atoms with Gasteiger partial charge in [0, 0.05) is 37.4 Å². The van der Waals surface area contributed by atoms with Crippen molar-refractivity contribution in [2.45, 2.75) is 32.5 Å². The highest BCUT2D eigenvalue weighted by molar-refractivity contribution is 5.92. The first-order valence-corrected chi connectivity index (χ1v) is 11.8. The third-order valence-electron chi connectivity index (χ3n) is 6.29. The van der Waals surface area contributed by atoms with Gasteiger partial charge in [0.1, 0.15) is 11.5 Å². The Kier molecular flexibility index (Phi) is 7.80. The molecule has 2 atom stereocenters. The van der Waals surface area contributed by atoms with E-state index in [0.717, 1.165) is 36.6 Å². The highest BCUT2D eigenvalue weighted by Crippen LogP contribution is 2.23. The molecule has 2 N–H and O–H groups in total. The highest BCUT2D eigenvalue weighted by Gasteiger charge is 2.30. The third-order valence-corrected chi connectivity index (χ3v) is 6.29. The lowest BCUT2D eigenvalue weighted by atomic mass is 10.1. The first kappa shape index (κ1) is 24.4. The number of ether oxygens (including phenoxy) is 1. The molecule has 35 heavy (non-hydrogen) atoms. The molecular formula is C28H31N3O4. The quantitative estimate of drug-likeness (QED) is 0.493. The summed E-state index contributed by atoms with van der Waals surface area (Å²) >= 11 is 0. The Morgan fingerprint density at radius 2 is 1.46 bits per heavy atom. The number of amides is 1. The van der Waals surface area contributed by atoms with Crippen LogP contribution in [-0.2, 0) is 11.3 Å². The van der Waals surface area contributed by atoms with Crippen molar-refractivity contribution in [3.8, 4) is 11.5 Å². The van der Waals surface area contributed by atoms with E-state index in [0.29, 0.717) is 17.9 Å². The number of benzene rings is 3. The van der Waals surface area contributed by atoms with E-state index in [4.69, 9.17) is 9.84 Å². The van der Waals surface area contributed by atoms with Gasteiger partial charge in [0.2, 0.25) is 5.91 Å². The number of carbonyl (C=O) groups is 2. The Bertz CT molecular complexity index is 1130. The summed E-state index contributed by atoms with van der Waals surface area (Å²) in [6, 6.07) is 24.5. The first-order chi connectivity index (χ1) is 16.9. The maximum Gasteiger partial charge on any atom is 0.335 e. The van der Waals surface area contributed by atoms with Gasteiger partial charge < -0.3 is 15.2 Å². The highest BCUT2D eigenvalue weighted by atomic mass is 16.5. The molecule has 1 aliphatic rings. The monoisotopic (exact) mass is 473 g/mol. The first-order valence-electron chi connectivity index (χ1n) is 11.8. The molecule has 1 saturated heterocycles. The maximum atomic E-state index is 12.7. The number of rotatable bonds is 8. The summed E-state index contributed by atoms with van der Waals surface area (Å²) < 4.78 is 5.80. The van der Waals surface area contributed by atoms with Gasteiger partial charge in [0.25, 0.3) is 0 Å². The average molecular weight is 474 g/mol. The standard InChI is InChI=1S/C28H31N3O4/c1-20-17-31(21(2)16-30(20)18-22-8-10-23(11-9-22)28(33)34)19-27(32)29-24-12-14-26(15-13-24)35-25-6-4-3-5-7-25/h3-15,20-21H,16-19H2,1-2H3,(H,29,32)(H,33,34). The Morgan fingerprint density at radius 3 is 2.11 bits per heavy atom. The normalized spacial score (nSPS) is 18.7. The van der Waals surface area contributed by atoms with Crippen molar-refractivity contribution in [3.05, 3.63) is 90.0 Å². The van der Waals surface area contributed by atoms with Gasteiger partial charge >= 0.3 is 5.97 Å². The number of nitrogens with one attached hydrogen (secondary N) is 1. The molecule has 1 heterocycles. The van der Waals surface area contributed by atoms with Crippen molar-refractivity contribution in [2.75, 3.05) is 25.0 Å². The van der Waals surface area contributed by atoms with Crippen molar-refractivity contribution in [1.29, 1.82) is 0 Å². The summed E-state index contributed by atoms with van der Waals surface area (Å²) in [5.74, 6) is 0.523. The zero-order chi connectivity index (χ0) is 24.8. The van der Waals surface area contributed by atoms with Crippen LogP contribution in [0.5, 0.6) is 11.5 Å². The summed E-state index contributed by atoms with van der Waals surface area (Å²) in [6.45, 7) is 6.99. The molecule has 182 valence electrons. The van der Waals surface area contributed by atoms with Crippen LogP contribution in [0.1, 0.15) is 29.8 Å². The minimum atomic E-state index is -0.915. The number of para-hydroxylation sites is 1. The van der Waals surface area contributed by atoms with Gasteiger partial charge in [-0.05, 0) is 67.9 Å². The van der Waals surface area contributed by atoms with E-state index in [1.54, 1.807) is 12.1 Å². The Labute approximate surface area is 205 Å². The molecule has 2 unspecified atom stereocenters. The average Bonchev–Trinajstić information content (AvgIpc) is 2.84. The minimum absolute atomic E-state index is 0.0431. The SMILES string of the molecule is CC1CN(Cc2ccc(C(=O)O)cc2)C(C)CN1CC(=O)Nc1ccc(Oc2ccccc2)cc1. The Morgan fingerprint density at radius 1 is 0.857 bits per heavy atom. The van der Waals surface area contributed by atoms with Crippen LogP contribution >= 0.6 is 0 Å². The van der Waals surface area contributed by atoms with E-state index in [1.807, 2.05) is 66.7 Å². The number of carboxylic acid groups (broad SMARTS) is 1. The van der Waals surface area contributed by atoms with Gasteiger partial charge in [-0.25, -0.2) is 4.79 Å². The van der Waals surface area contributed by atoms with Crippen molar-refractivity contribution in [1.82, 2.24) is 9.80 Å². The van der Waals surface area contributed by atoms with E-state index >= 15 is 0 Å². The molecule has 4 rings (SSSR count). The smallest absolute Gasteiger partial charge is 0.335 e. The van der Waals surface area contributed by atoms with Gasteiger partial charge in [-0.1, -0.05) is 30.3 Å². The minimum Gasteiger partial charge on any atom is -0.478 e. The van der Waals surface area contributed by atoms with E-state index in [1.165, 1.54) is 0 Å². The number of hydrogen-bond donors (Lipinski definition) is 2. The number of carboxylic acids is 1. The van der Waals surface area contributed by atoms with Crippen molar-refractivity contribution >= 4 is 17.6 Å². The van der Waals surface area contributed by atoms with Crippen molar-refractivity contribution in [2.24, 2.45) is 0 Å². The van der Waals surface area contributed by atoms with Crippen LogP contribution in [0.3, 0.4) is 0 Å². The Hall–Kier alpha value is -3.68. The predicted molar refractivity (Wildman–Crippen MR) is 136 cm³/mol. The topological polar surface area (TPSA) is 82.1 Å². The number of carbonyl (C=O) groups excluding carboxylic acids is 1. The summed E-state index contributed by atoms with van der Waals surface area (Å²) in [6.07, 6.45) is 0. The van der Waals surface area contributed by atoms with E-state index < -0.39 is 5.97 Å². The Balaban J connectivity index is 1.27. The molecule has 0 saturated carbocycles. The summed E-state index contributed by atoms with van der Waals surface area (Å²) in [4.78, 5) is 28.4. The number of aromatic carboxylic acids is 1. The number of anilines is 1. The van der Waals surface area contributed by atoms with Gasteiger partial charge in [0.05, 0.1) is 12.1 Å². The largest absolute Gasteiger partial charge is 0.478 e. The molecule has 7 heteroatoms. The second kappa shape index (κ2) is 11.2. The fourth-order valence-corrected chi connectivity index (χ4v) is 4.31. The molecule has 3 aromatic carbocycles. The lowest BCUT2D eigenvalue weighted by molar-refractivity contribution is -0.118. The predicted octanol–water partition coefficient (Wildman–Crippen LogP) is 4.71. The van der Waals surface area contributed by atoms with Crippen LogP contribution in [0.25, 0.3) is 0 Å². The molecule has 0 spiro atoms. The fraction of sp³-hybridized carbons (Fsp3) is 0.286. The number of nitrogens with zero attached hydrogens (tertiary/aromatic N) is 2. The maximum absolute atomic E-state index is 12.7. The lowest BCUT2D eigenvalue weighted by Crippen LogP contribution is -2.57. The van der Waals surface area contributed by atoms with Crippen LogP contribution in [-0.4, -0.2) is 58.5 Å². The molecule has 1 amide bonds. The summed E-state index contributed by atoms with van der Waals surface area (Å²) in [5.41, 5.74) is 2.11. The van der Waals surface area contributed by atoms with Crippen LogP contribution in [0.4, 0.5) is 5.69 Å². The molecule has 7 nitrogen and oxygen atoms in total. The van der Waals surface area contributed by atoms with Gasteiger partial charge in [-0.15, -0.1) is 0 Å². The van der Waals surface area contributed by atoms with Crippen LogP contribution in [0, 0.1) is 0 Å². The molecule has 0 aromatic heterocycles. The van der Waals surface area contributed by atoms with Crippen LogP contribution in [0.15, 0.2) is 78.9 Å². The van der Waals surface area contributed by atoms with Gasteiger partial charge in [-0.3, -0.25) is 14.6 Å². The van der Waals surface area contributed by atoms with E-state index in [9.17, 15) is 9.59 Å². The summed E-state index contributed by atoms with van der Waals surface area (Å²) in [5, 5.41) is 12.1. The third kappa shape index (κ3) is 6.68. The molecular weight excluding hydrogens is 442 g/mol. The zero-order valence-electron chi connectivity index (χ0n) is 20.1. The van der Waals surface area contributed by atoms with Crippen molar-refractivity contribution < 1.29 is 19.4 Å². The number of hydrogen-bond acceptors (Lipinski definition) is 5. The summed E-state index contributed by atoms with van der Waals surface area (Å²) in [7, 11) is 0. The fourth-order valence-electron chi connectivity index (χ4n) is 4.31. The molecule has 1 aliphatic heterocycles. The van der Waals surface area contributed by atoms with Gasteiger partial charge in [-0.2, -0.15) is 0 Å². The lowest BCUT2D eigenvalue weighted by Gasteiger charge is -2.44. The van der Waals surface area contributed by atoms with Crippen LogP contribution in [0.2, 0.25) is 0 Å². The van der Waals surface area contributed by atoms with Crippen molar-refractivity contribution in [3.63, 3.8) is 0 Å².